The van der Waals surface area contributed by atoms with Crippen molar-refractivity contribution >= 4 is 26.8 Å². The van der Waals surface area contributed by atoms with Gasteiger partial charge in [0.25, 0.3) is 0 Å². The highest BCUT2D eigenvalue weighted by Gasteiger charge is 2.39. The maximum Gasteiger partial charge on any atom is 0.245 e. The number of hydrogen-bond donors (Lipinski definition) is 0. The number of benzene rings is 1. The van der Waals surface area contributed by atoms with Crippen LogP contribution in [0.2, 0.25) is 0 Å². The minimum absolute atomic E-state index is 0.0920. The molecular formula is C22H28N4O3S. The van der Waals surface area contributed by atoms with Crippen LogP contribution in [0.5, 0.6) is 0 Å². The first kappa shape index (κ1) is 19.9. The van der Waals surface area contributed by atoms with E-state index in [0.717, 1.165) is 37.9 Å². The third kappa shape index (κ3) is 3.72. The summed E-state index contributed by atoms with van der Waals surface area (Å²) in [4.78, 5) is 21.7. The maximum atomic E-state index is 13.4. The summed E-state index contributed by atoms with van der Waals surface area (Å²) in [6, 6.07) is 8.89. The quantitative estimate of drug-likeness (QED) is 0.728. The molecule has 8 heteroatoms. The first-order valence-corrected chi connectivity index (χ1v) is 12.3. The molecule has 2 aromatic rings. The zero-order valence-electron chi connectivity index (χ0n) is 17.1. The highest BCUT2D eigenvalue weighted by atomic mass is 32.2. The normalized spacial score (nSPS) is 24.5. The van der Waals surface area contributed by atoms with Crippen LogP contribution in [0.15, 0.2) is 41.4 Å². The van der Waals surface area contributed by atoms with Crippen LogP contribution in [0.3, 0.4) is 0 Å². The van der Waals surface area contributed by atoms with Crippen molar-refractivity contribution in [1.82, 2.24) is 19.1 Å². The number of aromatic nitrogens is 1. The zero-order chi connectivity index (χ0) is 20.7. The van der Waals surface area contributed by atoms with Gasteiger partial charge in [-0.2, -0.15) is 4.31 Å². The standard InChI is InChI=1S/C22H28N4O3S/c27-22-19(9-13-25(22)16-17-7-8-17)24-11-3-12-26(15-14-24)30(28,29)20-6-1-4-18-5-2-10-23-21(18)20/h1-2,4-6,10,17,19H,3,7-9,11-16H2. The Labute approximate surface area is 177 Å². The summed E-state index contributed by atoms with van der Waals surface area (Å²) < 4.78 is 28.4. The van der Waals surface area contributed by atoms with E-state index in [1.54, 1.807) is 22.6 Å². The molecule has 1 aromatic heterocycles. The summed E-state index contributed by atoms with van der Waals surface area (Å²) in [6.45, 7) is 3.95. The van der Waals surface area contributed by atoms with E-state index in [-0.39, 0.29) is 16.8 Å². The smallest absolute Gasteiger partial charge is 0.245 e. The fourth-order valence-electron chi connectivity index (χ4n) is 4.74. The second-order valence-electron chi connectivity index (χ2n) is 8.66. The van der Waals surface area contributed by atoms with E-state index < -0.39 is 10.0 Å². The summed E-state index contributed by atoms with van der Waals surface area (Å²) in [7, 11) is -3.64. The third-order valence-electron chi connectivity index (χ3n) is 6.59. The van der Waals surface area contributed by atoms with Gasteiger partial charge in [-0.25, -0.2) is 8.42 Å². The number of likely N-dealkylation sites (tertiary alicyclic amines) is 1. The molecule has 0 bridgehead atoms. The number of nitrogens with zero attached hydrogens (tertiary/aromatic N) is 4. The molecule has 2 aliphatic heterocycles. The van der Waals surface area contributed by atoms with Crippen LogP contribution in [-0.4, -0.2) is 78.7 Å². The van der Waals surface area contributed by atoms with Crippen LogP contribution in [0.4, 0.5) is 0 Å². The van der Waals surface area contributed by atoms with Crippen LogP contribution in [0.1, 0.15) is 25.7 Å². The van der Waals surface area contributed by atoms with Crippen LogP contribution in [-0.2, 0) is 14.8 Å². The lowest BCUT2D eigenvalue weighted by molar-refractivity contribution is -0.132. The van der Waals surface area contributed by atoms with Crippen molar-refractivity contribution < 1.29 is 13.2 Å². The van der Waals surface area contributed by atoms with E-state index in [0.29, 0.717) is 31.1 Å². The first-order chi connectivity index (χ1) is 14.5. The fraction of sp³-hybridized carbons (Fsp3) is 0.545. The predicted octanol–water partition coefficient (Wildman–Crippen LogP) is 1.94. The van der Waals surface area contributed by atoms with Gasteiger partial charge >= 0.3 is 0 Å². The topological polar surface area (TPSA) is 73.8 Å². The highest BCUT2D eigenvalue weighted by Crippen LogP contribution is 2.32. The zero-order valence-corrected chi connectivity index (χ0v) is 17.9. The molecule has 1 atom stereocenters. The maximum absolute atomic E-state index is 13.4. The predicted molar refractivity (Wildman–Crippen MR) is 114 cm³/mol. The summed E-state index contributed by atoms with van der Waals surface area (Å²) >= 11 is 0. The Bertz CT molecular complexity index is 1050. The number of pyridine rings is 1. The molecule has 1 aliphatic carbocycles. The summed E-state index contributed by atoms with van der Waals surface area (Å²) in [6.07, 6.45) is 5.70. The number of para-hydroxylation sites is 1. The lowest BCUT2D eigenvalue weighted by Gasteiger charge is -2.26. The van der Waals surface area contributed by atoms with Gasteiger partial charge in [0.1, 0.15) is 4.90 Å². The van der Waals surface area contributed by atoms with Gasteiger partial charge in [0.2, 0.25) is 15.9 Å². The van der Waals surface area contributed by atoms with Crippen molar-refractivity contribution in [3.8, 4) is 0 Å². The van der Waals surface area contributed by atoms with Crippen LogP contribution < -0.4 is 0 Å². The summed E-state index contributed by atoms with van der Waals surface area (Å²) in [5, 5.41) is 0.822. The first-order valence-electron chi connectivity index (χ1n) is 10.9. The van der Waals surface area contributed by atoms with Gasteiger partial charge < -0.3 is 4.90 Å². The number of carbonyl (C=O) groups excluding carboxylic acids is 1. The Morgan fingerprint density at radius 1 is 0.967 bits per heavy atom. The average molecular weight is 429 g/mol. The molecule has 3 heterocycles. The lowest BCUT2D eigenvalue weighted by atomic mass is 10.2. The van der Waals surface area contributed by atoms with Crippen LogP contribution in [0, 0.1) is 5.92 Å². The molecule has 2 saturated heterocycles. The van der Waals surface area contributed by atoms with Crippen LogP contribution in [0.25, 0.3) is 10.9 Å². The molecule has 1 aromatic carbocycles. The van der Waals surface area contributed by atoms with E-state index in [9.17, 15) is 13.2 Å². The monoisotopic (exact) mass is 428 g/mol. The van der Waals surface area contributed by atoms with Crippen molar-refractivity contribution in [2.75, 3.05) is 39.3 Å². The number of sulfonamides is 1. The van der Waals surface area contributed by atoms with Crippen LogP contribution >= 0.6 is 0 Å². The van der Waals surface area contributed by atoms with Crippen molar-refractivity contribution in [3.63, 3.8) is 0 Å². The molecule has 0 spiro atoms. The third-order valence-corrected chi connectivity index (χ3v) is 8.52. The molecular weight excluding hydrogens is 400 g/mol. The molecule has 0 N–H and O–H groups in total. The van der Waals surface area contributed by atoms with Gasteiger partial charge in [-0.05, 0) is 43.7 Å². The number of amides is 1. The van der Waals surface area contributed by atoms with Crippen molar-refractivity contribution in [2.24, 2.45) is 5.92 Å². The number of rotatable bonds is 5. The SMILES string of the molecule is O=C1C(N2CCCN(S(=O)(=O)c3cccc4cccnc34)CC2)CCN1CC1CC1. The lowest BCUT2D eigenvalue weighted by Crippen LogP contribution is -2.44. The molecule has 160 valence electrons. The van der Waals surface area contributed by atoms with Gasteiger partial charge in [0.15, 0.2) is 0 Å². The molecule has 3 aliphatic rings. The second-order valence-corrected chi connectivity index (χ2v) is 10.6. The minimum Gasteiger partial charge on any atom is -0.341 e. The molecule has 1 saturated carbocycles. The van der Waals surface area contributed by atoms with Crippen molar-refractivity contribution in [3.05, 3.63) is 36.5 Å². The van der Waals surface area contributed by atoms with E-state index in [2.05, 4.69) is 9.88 Å². The Morgan fingerprint density at radius 3 is 2.63 bits per heavy atom. The highest BCUT2D eigenvalue weighted by molar-refractivity contribution is 7.89. The average Bonchev–Trinajstić information content (AvgIpc) is 3.54. The number of fused-ring (bicyclic) bond motifs is 1. The molecule has 30 heavy (non-hydrogen) atoms. The minimum atomic E-state index is -3.64. The fourth-order valence-corrected chi connectivity index (χ4v) is 6.38. The van der Waals surface area contributed by atoms with Gasteiger partial charge in [-0.15, -0.1) is 0 Å². The molecule has 1 amide bonds. The van der Waals surface area contributed by atoms with E-state index in [1.807, 2.05) is 23.1 Å². The van der Waals surface area contributed by atoms with Gasteiger partial charge in [0, 0.05) is 50.9 Å². The second kappa shape index (κ2) is 7.90. The molecule has 3 fully saturated rings. The van der Waals surface area contributed by atoms with Crippen molar-refractivity contribution in [1.29, 1.82) is 0 Å². The summed E-state index contributed by atoms with van der Waals surface area (Å²) in [5.41, 5.74) is 0.516. The molecule has 5 rings (SSSR count). The van der Waals surface area contributed by atoms with E-state index in [4.69, 9.17) is 0 Å². The Morgan fingerprint density at radius 2 is 1.80 bits per heavy atom. The number of carbonyl (C=O) groups is 1. The van der Waals surface area contributed by atoms with Gasteiger partial charge in [0.05, 0.1) is 11.6 Å². The number of hydrogen-bond acceptors (Lipinski definition) is 5. The largest absolute Gasteiger partial charge is 0.341 e. The molecule has 7 nitrogen and oxygen atoms in total. The van der Waals surface area contributed by atoms with Gasteiger partial charge in [-0.3, -0.25) is 14.7 Å². The Hall–Kier alpha value is -2.03. The van der Waals surface area contributed by atoms with Gasteiger partial charge in [-0.1, -0.05) is 18.2 Å². The Kier molecular flexibility index (Phi) is 5.24. The van der Waals surface area contributed by atoms with E-state index in [1.165, 1.54) is 12.8 Å². The molecule has 1 unspecified atom stereocenters. The summed E-state index contributed by atoms with van der Waals surface area (Å²) in [5.74, 6) is 0.934. The van der Waals surface area contributed by atoms with Crippen molar-refractivity contribution in [2.45, 2.75) is 36.6 Å². The Balaban J connectivity index is 1.31. The molecule has 0 radical (unpaired) electrons. The van der Waals surface area contributed by atoms with E-state index >= 15 is 0 Å².